The first-order chi connectivity index (χ1) is 8.45. The van der Waals surface area contributed by atoms with Gasteiger partial charge in [-0.3, -0.25) is 0 Å². The molecule has 102 valence electrons. The average molecular weight is 261 g/mol. The van der Waals surface area contributed by atoms with Crippen LogP contribution in [0.3, 0.4) is 0 Å². The van der Waals surface area contributed by atoms with Crippen molar-refractivity contribution in [3.05, 3.63) is 29.3 Å². The zero-order valence-electron chi connectivity index (χ0n) is 10.6. The van der Waals surface area contributed by atoms with Crippen molar-refractivity contribution in [2.75, 3.05) is 25.1 Å². The molecule has 0 radical (unpaired) electrons. The Morgan fingerprint density at radius 2 is 2.00 bits per heavy atom. The molecule has 0 unspecified atom stereocenters. The molecule has 2 nitrogen and oxygen atoms in total. The lowest BCUT2D eigenvalue weighted by atomic mass is 10.1. The number of nitrogens with one attached hydrogen (secondary N) is 1. The summed E-state index contributed by atoms with van der Waals surface area (Å²) in [6, 6.07) is 4.29. The number of rotatable bonds is 6. The van der Waals surface area contributed by atoms with Crippen molar-refractivity contribution < 1.29 is 17.9 Å². The van der Waals surface area contributed by atoms with Crippen LogP contribution in [0.1, 0.15) is 24.5 Å². The Morgan fingerprint density at radius 1 is 1.28 bits per heavy atom. The molecular weight excluding hydrogens is 243 g/mol. The lowest BCUT2D eigenvalue weighted by Crippen LogP contribution is -2.10. The Kier molecular flexibility index (Phi) is 5.47. The average Bonchev–Trinajstić information content (AvgIpc) is 2.29. The summed E-state index contributed by atoms with van der Waals surface area (Å²) in [7, 11) is 0. The van der Waals surface area contributed by atoms with Gasteiger partial charge < -0.3 is 10.1 Å². The van der Waals surface area contributed by atoms with Gasteiger partial charge in [0, 0.05) is 25.4 Å². The van der Waals surface area contributed by atoms with Crippen LogP contribution < -0.4 is 5.32 Å². The van der Waals surface area contributed by atoms with Crippen LogP contribution in [-0.4, -0.2) is 19.8 Å². The van der Waals surface area contributed by atoms with E-state index < -0.39 is 11.7 Å². The van der Waals surface area contributed by atoms with Gasteiger partial charge >= 0.3 is 6.18 Å². The molecule has 0 bridgehead atoms. The van der Waals surface area contributed by atoms with Gasteiger partial charge in [-0.1, -0.05) is 6.07 Å². The van der Waals surface area contributed by atoms with Crippen molar-refractivity contribution in [3.63, 3.8) is 0 Å². The number of ether oxygens (including phenoxy) is 1. The van der Waals surface area contributed by atoms with Crippen molar-refractivity contribution in [1.29, 1.82) is 0 Å². The molecular formula is C13H18F3NO. The summed E-state index contributed by atoms with van der Waals surface area (Å²) in [5, 5.41) is 2.96. The topological polar surface area (TPSA) is 21.3 Å². The number of hydrogen-bond donors (Lipinski definition) is 1. The Bertz CT molecular complexity index is 377. The maximum Gasteiger partial charge on any atom is 0.416 e. The van der Waals surface area contributed by atoms with Crippen LogP contribution in [-0.2, 0) is 10.9 Å². The molecule has 0 saturated heterocycles. The van der Waals surface area contributed by atoms with E-state index in [-0.39, 0.29) is 5.56 Å². The fourth-order valence-corrected chi connectivity index (χ4v) is 1.59. The highest BCUT2D eigenvalue weighted by molar-refractivity contribution is 5.49. The first-order valence-corrected chi connectivity index (χ1v) is 5.94. The maximum absolute atomic E-state index is 12.7. The van der Waals surface area contributed by atoms with Crippen molar-refractivity contribution >= 4 is 5.69 Å². The molecule has 0 spiro atoms. The van der Waals surface area contributed by atoms with E-state index in [0.717, 1.165) is 12.5 Å². The molecule has 1 rings (SSSR count). The second-order valence-electron chi connectivity index (χ2n) is 4.00. The van der Waals surface area contributed by atoms with Crippen LogP contribution in [0.2, 0.25) is 0 Å². The largest absolute Gasteiger partial charge is 0.416 e. The number of anilines is 1. The molecule has 0 saturated carbocycles. The van der Waals surface area contributed by atoms with Crippen LogP contribution in [0.5, 0.6) is 0 Å². The summed E-state index contributed by atoms with van der Waals surface area (Å²) < 4.78 is 43.2. The molecule has 18 heavy (non-hydrogen) atoms. The third-order valence-corrected chi connectivity index (χ3v) is 2.54. The molecule has 1 N–H and O–H groups in total. The summed E-state index contributed by atoms with van der Waals surface area (Å²) in [6.45, 7) is 5.23. The highest BCUT2D eigenvalue weighted by atomic mass is 19.4. The number of benzene rings is 1. The predicted octanol–water partition coefficient (Wildman–Crippen LogP) is 3.85. The molecule has 0 aromatic heterocycles. The van der Waals surface area contributed by atoms with E-state index in [4.69, 9.17) is 4.74 Å². The van der Waals surface area contributed by atoms with E-state index >= 15 is 0 Å². The Morgan fingerprint density at radius 3 is 2.61 bits per heavy atom. The molecule has 0 amide bonds. The maximum atomic E-state index is 12.7. The third-order valence-electron chi connectivity index (χ3n) is 2.54. The molecule has 0 aliphatic rings. The monoisotopic (exact) mass is 261 g/mol. The molecule has 1 aromatic rings. The Balaban J connectivity index is 2.57. The van der Waals surface area contributed by atoms with Gasteiger partial charge in [0.05, 0.1) is 5.56 Å². The van der Waals surface area contributed by atoms with Crippen molar-refractivity contribution in [2.45, 2.75) is 26.4 Å². The van der Waals surface area contributed by atoms with Gasteiger partial charge in [-0.2, -0.15) is 13.2 Å². The summed E-state index contributed by atoms with van der Waals surface area (Å²) in [5.41, 5.74) is 0.143. The molecule has 0 heterocycles. The Hall–Kier alpha value is -1.23. The highest BCUT2D eigenvalue weighted by Crippen LogP contribution is 2.33. The van der Waals surface area contributed by atoms with Gasteiger partial charge in [-0.25, -0.2) is 0 Å². The normalized spacial score (nSPS) is 11.6. The molecule has 1 aromatic carbocycles. The SMILES string of the molecule is CCOCCCNc1ccc(C)c(C(F)(F)F)c1. The lowest BCUT2D eigenvalue weighted by Gasteiger charge is -2.13. The van der Waals surface area contributed by atoms with E-state index in [1.165, 1.54) is 13.0 Å². The number of aryl methyl sites for hydroxylation is 1. The summed E-state index contributed by atoms with van der Waals surface area (Å²) >= 11 is 0. The minimum Gasteiger partial charge on any atom is -0.385 e. The van der Waals surface area contributed by atoms with Crippen molar-refractivity contribution in [1.82, 2.24) is 0 Å². The van der Waals surface area contributed by atoms with Gasteiger partial charge in [0.15, 0.2) is 0 Å². The fourth-order valence-electron chi connectivity index (χ4n) is 1.59. The quantitative estimate of drug-likeness (QED) is 0.785. The molecule has 0 aliphatic carbocycles. The first-order valence-electron chi connectivity index (χ1n) is 5.94. The van der Waals surface area contributed by atoms with Gasteiger partial charge in [0.25, 0.3) is 0 Å². The van der Waals surface area contributed by atoms with Crippen LogP contribution in [0.4, 0.5) is 18.9 Å². The zero-order valence-corrected chi connectivity index (χ0v) is 10.6. The standard InChI is InChI=1S/C13H18F3NO/c1-3-18-8-4-7-17-11-6-5-10(2)12(9-11)13(14,15)16/h5-6,9,17H,3-4,7-8H2,1-2H3. The number of hydrogen-bond acceptors (Lipinski definition) is 2. The third kappa shape index (κ3) is 4.56. The first kappa shape index (κ1) is 14.8. The van der Waals surface area contributed by atoms with E-state index in [1.54, 1.807) is 6.07 Å². The van der Waals surface area contributed by atoms with E-state index in [0.29, 0.717) is 25.4 Å². The lowest BCUT2D eigenvalue weighted by molar-refractivity contribution is -0.138. The Labute approximate surface area is 105 Å². The number of halogens is 3. The highest BCUT2D eigenvalue weighted by Gasteiger charge is 2.32. The molecule has 5 heteroatoms. The van der Waals surface area contributed by atoms with Crippen LogP contribution >= 0.6 is 0 Å². The van der Waals surface area contributed by atoms with Gasteiger partial charge in [0.2, 0.25) is 0 Å². The minimum atomic E-state index is -4.30. The smallest absolute Gasteiger partial charge is 0.385 e. The minimum absolute atomic E-state index is 0.238. The van der Waals surface area contributed by atoms with Crippen LogP contribution in [0, 0.1) is 6.92 Å². The van der Waals surface area contributed by atoms with Crippen molar-refractivity contribution in [2.24, 2.45) is 0 Å². The molecule has 0 fully saturated rings. The van der Waals surface area contributed by atoms with E-state index in [9.17, 15) is 13.2 Å². The van der Waals surface area contributed by atoms with Crippen LogP contribution in [0.25, 0.3) is 0 Å². The molecule has 0 aliphatic heterocycles. The summed E-state index contributed by atoms with van der Waals surface area (Å²) in [5.74, 6) is 0. The van der Waals surface area contributed by atoms with Gasteiger partial charge in [0.1, 0.15) is 0 Å². The second-order valence-corrected chi connectivity index (χ2v) is 4.00. The number of alkyl halides is 3. The molecule has 0 atom stereocenters. The fraction of sp³-hybridized carbons (Fsp3) is 0.538. The summed E-state index contributed by atoms with van der Waals surface area (Å²) in [4.78, 5) is 0. The van der Waals surface area contributed by atoms with E-state index in [1.807, 2.05) is 6.92 Å². The van der Waals surface area contributed by atoms with Crippen LogP contribution in [0.15, 0.2) is 18.2 Å². The predicted molar refractivity (Wildman–Crippen MR) is 65.8 cm³/mol. The van der Waals surface area contributed by atoms with Gasteiger partial charge in [-0.15, -0.1) is 0 Å². The van der Waals surface area contributed by atoms with Gasteiger partial charge in [-0.05, 0) is 38.0 Å². The second kappa shape index (κ2) is 6.64. The van der Waals surface area contributed by atoms with Crippen molar-refractivity contribution in [3.8, 4) is 0 Å². The van der Waals surface area contributed by atoms with E-state index in [2.05, 4.69) is 5.32 Å². The summed E-state index contributed by atoms with van der Waals surface area (Å²) in [6.07, 6.45) is -3.53. The zero-order chi connectivity index (χ0) is 13.6.